The zero-order valence-corrected chi connectivity index (χ0v) is 13.6. The van der Waals surface area contributed by atoms with Gasteiger partial charge >= 0.3 is 0 Å². The van der Waals surface area contributed by atoms with E-state index in [4.69, 9.17) is 0 Å². The molecule has 20 heavy (non-hydrogen) atoms. The number of hydrogen-bond acceptors (Lipinski definition) is 3. The van der Waals surface area contributed by atoms with Crippen molar-refractivity contribution in [2.24, 2.45) is 17.8 Å². The summed E-state index contributed by atoms with van der Waals surface area (Å²) in [6.07, 6.45) is 5.97. The Balaban J connectivity index is 1.65. The van der Waals surface area contributed by atoms with Gasteiger partial charge in [-0.2, -0.15) is 0 Å². The van der Waals surface area contributed by atoms with E-state index in [9.17, 15) is 4.79 Å². The summed E-state index contributed by atoms with van der Waals surface area (Å²) in [6.45, 7) is 12.5. The molecule has 2 heterocycles. The molecule has 0 bridgehead atoms. The molecule has 2 saturated heterocycles. The van der Waals surface area contributed by atoms with Gasteiger partial charge in [-0.15, -0.1) is 0 Å². The van der Waals surface area contributed by atoms with Crippen LogP contribution in [-0.4, -0.2) is 48.4 Å². The summed E-state index contributed by atoms with van der Waals surface area (Å²) in [5.74, 6) is 2.79. The van der Waals surface area contributed by atoms with E-state index in [0.717, 1.165) is 24.9 Å². The fraction of sp³-hybridized carbons (Fsp3) is 0.941. The lowest BCUT2D eigenvalue weighted by Crippen LogP contribution is -2.45. The van der Waals surface area contributed by atoms with Gasteiger partial charge in [-0.1, -0.05) is 13.8 Å². The maximum atomic E-state index is 11.2. The van der Waals surface area contributed by atoms with E-state index < -0.39 is 0 Å². The van der Waals surface area contributed by atoms with Crippen LogP contribution in [-0.2, 0) is 4.79 Å². The summed E-state index contributed by atoms with van der Waals surface area (Å²) in [5, 5.41) is 0. The third kappa shape index (κ3) is 4.85. The molecule has 3 nitrogen and oxygen atoms in total. The fourth-order valence-electron chi connectivity index (χ4n) is 3.78. The van der Waals surface area contributed by atoms with E-state index in [1.54, 1.807) is 6.92 Å². The molecule has 0 unspecified atom stereocenters. The normalized spacial score (nSPS) is 24.4. The molecule has 0 spiro atoms. The van der Waals surface area contributed by atoms with Crippen molar-refractivity contribution in [1.29, 1.82) is 0 Å². The van der Waals surface area contributed by atoms with Crippen molar-refractivity contribution < 1.29 is 4.79 Å². The molecule has 0 saturated carbocycles. The van der Waals surface area contributed by atoms with Crippen LogP contribution in [0.2, 0.25) is 0 Å². The number of ketones is 1. The Morgan fingerprint density at radius 1 is 1.00 bits per heavy atom. The standard InChI is InChI=1S/C17H32N2O/c1-14(2)17-6-10-19(11-7-17)13-18-8-4-16(5-9-18)12-15(3)20/h14,16-17H,4-13H2,1-3H3. The van der Waals surface area contributed by atoms with Crippen molar-refractivity contribution in [3.05, 3.63) is 0 Å². The third-order valence-corrected chi connectivity index (χ3v) is 5.26. The highest BCUT2D eigenvalue weighted by atomic mass is 16.1. The molecule has 0 radical (unpaired) electrons. The molecule has 0 aromatic carbocycles. The number of carbonyl (C=O) groups excluding carboxylic acids is 1. The van der Waals surface area contributed by atoms with E-state index >= 15 is 0 Å². The fourth-order valence-corrected chi connectivity index (χ4v) is 3.78. The highest BCUT2D eigenvalue weighted by Crippen LogP contribution is 2.25. The van der Waals surface area contributed by atoms with Crippen molar-refractivity contribution in [2.75, 3.05) is 32.8 Å². The molecule has 0 N–H and O–H groups in total. The van der Waals surface area contributed by atoms with Gasteiger partial charge in [0.1, 0.15) is 5.78 Å². The highest BCUT2D eigenvalue weighted by molar-refractivity contribution is 5.75. The average Bonchev–Trinajstić information content (AvgIpc) is 2.41. The quantitative estimate of drug-likeness (QED) is 0.773. The predicted molar refractivity (Wildman–Crippen MR) is 83.6 cm³/mol. The van der Waals surface area contributed by atoms with Gasteiger partial charge in [0.15, 0.2) is 0 Å². The van der Waals surface area contributed by atoms with E-state index in [1.807, 2.05) is 0 Å². The molecular weight excluding hydrogens is 248 g/mol. The molecule has 2 fully saturated rings. The first-order chi connectivity index (χ1) is 9.54. The van der Waals surface area contributed by atoms with Gasteiger partial charge < -0.3 is 4.79 Å². The number of Topliss-reactive ketones (excluding diaryl/α,β-unsaturated/α-hetero) is 1. The number of nitrogens with zero attached hydrogens (tertiary/aromatic N) is 2. The summed E-state index contributed by atoms with van der Waals surface area (Å²) in [4.78, 5) is 16.4. The smallest absolute Gasteiger partial charge is 0.130 e. The third-order valence-electron chi connectivity index (χ3n) is 5.26. The topological polar surface area (TPSA) is 23.6 Å². The van der Waals surface area contributed by atoms with Crippen molar-refractivity contribution >= 4 is 5.78 Å². The first-order valence-electron chi connectivity index (χ1n) is 8.48. The predicted octanol–water partition coefficient (Wildman–Crippen LogP) is 3.00. The summed E-state index contributed by atoms with van der Waals surface area (Å²) in [6, 6.07) is 0. The number of likely N-dealkylation sites (tertiary alicyclic amines) is 2. The van der Waals surface area contributed by atoms with E-state index in [-0.39, 0.29) is 0 Å². The Labute approximate surface area is 124 Å². The van der Waals surface area contributed by atoms with Crippen LogP contribution in [0.1, 0.15) is 52.9 Å². The van der Waals surface area contributed by atoms with Crippen LogP contribution >= 0.6 is 0 Å². The molecular formula is C17H32N2O. The largest absolute Gasteiger partial charge is 0.300 e. The number of rotatable bonds is 5. The highest BCUT2D eigenvalue weighted by Gasteiger charge is 2.25. The second-order valence-corrected chi connectivity index (χ2v) is 7.31. The van der Waals surface area contributed by atoms with E-state index in [0.29, 0.717) is 11.7 Å². The molecule has 0 amide bonds. The lowest BCUT2D eigenvalue weighted by atomic mass is 9.87. The van der Waals surface area contributed by atoms with Crippen molar-refractivity contribution in [1.82, 2.24) is 9.80 Å². The van der Waals surface area contributed by atoms with E-state index in [1.165, 1.54) is 51.9 Å². The SMILES string of the molecule is CC(=O)CC1CCN(CN2CCC(C(C)C)CC2)CC1. The summed E-state index contributed by atoms with van der Waals surface area (Å²) < 4.78 is 0. The van der Waals surface area contributed by atoms with Gasteiger partial charge in [0.25, 0.3) is 0 Å². The molecule has 0 aliphatic carbocycles. The minimum Gasteiger partial charge on any atom is -0.300 e. The minimum absolute atomic E-state index is 0.360. The molecule has 3 heteroatoms. The lowest BCUT2D eigenvalue weighted by molar-refractivity contribution is -0.118. The van der Waals surface area contributed by atoms with Gasteiger partial charge in [0, 0.05) is 6.42 Å². The number of hydrogen-bond donors (Lipinski definition) is 0. The Morgan fingerprint density at radius 3 is 1.95 bits per heavy atom. The van der Waals surface area contributed by atoms with Crippen molar-refractivity contribution in [3.63, 3.8) is 0 Å². The number of piperidine rings is 2. The second kappa shape index (κ2) is 7.56. The molecule has 0 aromatic heterocycles. The van der Waals surface area contributed by atoms with Gasteiger partial charge in [0.2, 0.25) is 0 Å². The van der Waals surface area contributed by atoms with Crippen LogP contribution in [0.5, 0.6) is 0 Å². The molecule has 0 aromatic rings. The Hall–Kier alpha value is -0.410. The zero-order valence-electron chi connectivity index (χ0n) is 13.6. The van der Waals surface area contributed by atoms with Crippen LogP contribution in [0.25, 0.3) is 0 Å². The van der Waals surface area contributed by atoms with Gasteiger partial charge in [-0.05, 0) is 76.5 Å². The van der Waals surface area contributed by atoms with Crippen LogP contribution in [0, 0.1) is 17.8 Å². The lowest BCUT2D eigenvalue weighted by Gasteiger charge is -2.39. The monoisotopic (exact) mass is 280 g/mol. The van der Waals surface area contributed by atoms with Crippen molar-refractivity contribution in [2.45, 2.75) is 52.9 Å². The summed E-state index contributed by atoms with van der Waals surface area (Å²) in [5.41, 5.74) is 0. The van der Waals surface area contributed by atoms with Crippen molar-refractivity contribution in [3.8, 4) is 0 Å². The van der Waals surface area contributed by atoms with Gasteiger partial charge in [-0.3, -0.25) is 9.80 Å². The Bertz CT molecular complexity index is 300. The van der Waals surface area contributed by atoms with Gasteiger partial charge in [0.05, 0.1) is 6.67 Å². The summed E-state index contributed by atoms with van der Waals surface area (Å²) in [7, 11) is 0. The molecule has 2 aliphatic rings. The maximum Gasteiger partial charge on any atom is 0.130 e. The minimum atomic E-state index is 0.360. The molecule has 2 rings (SSSR count). The van der Waals surface area contributed by atoms with Crippen LogP contribution in [0.15, 0.2) is 0 Å². The van der Waals surface area contributed by atoms with Gasteiger partial charge in [-0.25, -0.2) is 0 Å². The van der Waals surface area contributed by atoms with Crippen LogP contribution in [0.4, 0.5) is 0 Å². The molecule has 2 aliphatic heterocycles. The first-order valence-corrected chi connectivity index (χ1v) is 8.48. The van der Waals surface area contributed by atoms with Crippen LogP contribution in [0.3, 0.4) is 0 Å². The molecule has 0 atom stereocenters. The first kappa shape index (κ1) is 16.0. The Morgan fingerprint density at radius 2 is 1.50 bits per heavy atom. The Kier molecular flexibility index (Phi) is 6.03. The maximum absolute atomic E-state index is 11.2. The average molecular weight is 280 g/mol. The molecule has 116 valence electrons. The zero-order chi connectivity index (χ0) is 14.5. The second-order valence-electron chi connectivity index (χ2n) is 7.31. The van der Waals surface area contributed by atoms with E-state index in [2.05, 4.69) is 23.6 Å². The number of carbonyl (C=O) groups is 1. The van der Waals surface area contributed by atoms with Crippen LogP contribution < -0.4 is 0 Å². The summed E-state index contributed by atoms with van der Waals surface area (Å²) >= 11 is 0.